The minimum atomic E-state index is -4.00. The minimum absolute atomic E-state index is 0.0140. The van der Waals surface area contributed by atoms with Gasteiger partial charge in [-0.15, -0.1) is 0 Å². The summed E-state index contributed by atoms with van der Waals surface area (Å²) in [6, 6.07) is 8.88. The topological polar surface area (TPSA) is 85.1 Å². The summed E-state index contributed by atoms with van der Waals surface area (Å²) in [6.07, 6.45) is 0.578. The van der Waals surface area contributed by atoms with Crippen LogP contribution in [0.2, 0.25) is 0 Å². The van der Waals surface area contributed by atoms with Crippen molar-refractivity contribution in [2.45, 2.75) is 25.2 Å². The zero-order chi connectivity index (χ0) is 18.9. The predicted molar refractivity (Wildman–Crippen MR) is 98.8 cm³/mol. The summed E-state index contributed by atoms with van der Waals surface area (Å²) in [7, 11) is -4.00. The number of hydrogen-bond donors (Lipinski definition) is 1. The highest BCUT2D eigenvalue weighted by molar-refractivity contribution is 9.10. The number of hydrogen-bond acceptors (Lipinski definition) is 5. The molecule has 0 aliphatic carbocycles. The number of nitrogens with one attached hydrogen (secondary N) is 1. The second-order valence-electron chi connectivity index (χ2n) is 5.58. The molecule has 136 valence electrons. The van der Waals surface area contributed by atoms with Gasteiger partial charge in [0.25, 0.3) is 10.0 Å². The Balaban J connectivity index is 2.00. The molecule has 0 amide bonds. The Hall–Kier alpha value is -2.26. The lowest BCUT2D eigenvalue weighted by molar-refractivity contribution is 0.383. The molecule has 6 nitrogen and oxygen atoms in total. The average molecular weight is 440 g/mol. The number of aromatic nitrogens is 2. The van der Waals surface area contributed by atoms with E-state index in [9.17, 15) is 12.8 Å². The second-order valence-corrected chi connectivity index (χ2v) is 8.14. The zero-order valence-corrected chi connectivity index (χ0v) is 16.4. The monoisotopic (exact) mass is 439 g/mol. The van der Waals surface area contributed by atoms with E-state index >= 15 is 0 Å². The summed E-state index contributed by atoms with van der Waals surface area (Å²) in [6.45, 7) is 3.53. The summed E-state index contributed by atoms with van der Waals surface area (Å²) in [5.74, 6) is 0.0793. The first-order valence-corrected chi connectivity index (χ1v) is 9.99. The third kappa shape index (κ3) is 3.78. The van der Waals surface area contributed by atoms with E-state index in [0.717, 1.165) is 0 Å². The molecule has 0 saturated carbocycles. The third-order valence-electron chi connectivity index (χ3n) is 3.68. The lowest BCUT2D eigenvalue weighted by atomic mass is 10.1. The van der Waals surface area contributed by atoms with Crippen LogP contribution in [0.25, 0.3) is 11.4 Å². The quantitative estimate of drug-likeness (QED) is 0.639. The molecule has 0 aliphatic rings. The fraction of sp³-hybridized carbons (Fsp3) is 0.176. The fourth-order valence-corrected chi connectivity index (χ4v) is 3.99. The van der Waals surface area contributed by atoms with Crippen molar-refractivity contribution in [3.63, 3.8) is 0 Å². The number of benzene rings is 2. The second kappa shape index (κ2) is 7.16. The van der Waals surface area contributed by atoms with E-state index in [2.05, 4.69) is 30.8 Å². The SMILES string of the molecule is CCc1nc(-c2ccc(C)c(S(=O)(=O)Nc3ccc(Br)cc3F)c2)no1. The molecule has 2 aromatic carbocycles. The van der Waals surface area contributed by atoms with Gasteiger partial charge in [-0.2, -0.15) is 4.98 Å². The molecule has 0 saturated heterocycles. The van der Waals surface area contributed by atoms with Crippen LogP contribution in [0.5, 0.6) is 0 Å². The van der Waals surface area contributed by atoms with Crippen molar-refractivity contribution >= 4 is 31.6 Å². The number of rotatable bonds is 5. The molecule has 1 heterocycles. The Morgan fingerprint density at radius 3 is 2.65 bits per heavy atom. The number of anilines is 1. The molecule has 0 spiro atoms. The highest BCUT2D eigenvalue weighted by Gasteiger charge is 2.21. The van der Waals surface area contributed by atoms with Crippen molar-refractivity contribution in [3.8, 4) is 11.4 Å². The van der Waals surface area contributed by atoms with Crippen molar-refractivity contribution < 1.29 is 17.3 Å². The molecular weight excluding hydrogens is 425 g/mol. The summed E-state index contributed by atoms with van der Waals surface area (Å²) < 4.78 is 47.4. The smallest absolute Gasteiger partial charge is 0.262 e. The van der Waals surface area contributed by atoms with Gasteiger partial charge in [0.2, 0.25) is 11.7 Å². The molecule has 0 radical (unpaired) electrons. The molecule has 9 heteroatoms. The van der Waals surface area contributed by atoms with E-state index in [4.69, 9.17) is 4.52 Å². The molecule has 26 heavy (non-hydrogen) atoms. The average Bonchev–Trinajstić information content (AvgIpc) is 3.07. The van der Waals surface area contributed by atoms with Crippen LogP contribution in [0.15, 0.2) is 50.3 Å². The van der Waals surface area contributed by atoms with Crippen LogP contribution < -0.4 is 4.72 Å². The van der Waals surface area contributed by atoms with Crippen LogP contribution in [0.4, 0.5) is 10.1 Å². The largest absolute Gasteiger partial charge is 0.339 e. The molecule has 0 atom stereocenters. The molecule has 1 aromatic heterocycles. The first kappa shape index (κ1) is 18.5. The number of nitrogens with zero attached hydrogens (tertiary/aromatic N) is 2. The normalized spacial score (nSPS) is 11.5. The number of sulfonamides is 1. The van der Waals surface area contributed by atoms with Crippen molar-refractivity contribution in [1.82, 2.24) is 10.1 Å². The fourth-order valence-electron chi connectivity index (χ4n) is 2.32. The van der Waals surface area contributed by atoms with Gasteiger partial charge in [0.15, 0.2) is 0 Å². The van der Waals surface area contributed by atoms with E-state index < -0.39 is 15.8 Å². The van der Waals surface area contributed by atoms with Gasteiger partial charge in [-0.05, 0) is 36.8 Å². The van der Waals surface area contributed by atoms with Gasteiger partial charge in [0.05, 0.1) is 10.6 Å². The van der Waals surface area contributed by atoms with E-state index in [-0.39, 0.29) is 10.6 Å². The van der Waals surface area contributed by atoms with E-state index in [1.165, 1.54) is 18.2 Å². The number of aryl methyl sites for hydroxylation is 2. The van der Waals surface area contributed by atoms with Crippen LogP contribution in [-0.2, 0) is 16.4 Å². The first-order chi connectivity index (χ1) is 12.3. The molecule has 0 fully saturated rings. The van der Waals surface area contributed by atoms with Gasteiger partial charge >= 0.3 is 0 Å². The van der Waals surface area contributed by atoms with Gasteiger partial charge in [-0.25, -0.2) is 12.8 Å². The van der Waals surface area contributed by atoms with E-state index in [0.29, 0.717) is 33.7 Å². The Labute approximate surface area is 158 Å². The van der Waals surface area contributed by atoms with E-state index in [1.807, 2.05) is 6.92 Å². The third-order valence-corrected chi connectivity index (χ3v) is 5.68. The van der Waals surface area contributed by atoms with Gasteiger partial charge in [-0.1, -0.05) is 40.1 Å². The summed E-state index contributed by atoms with van der Waals surface area (Å²) in [5, 5.41) is 3.85. The van der Waals surface area contributed by atoms with Crippen LogP contribution in [0.3, 0.4) is 0 Å². The Kier molecular flexibility index (Phi) is 5.10. The van der Waals surface area contributed by atoms with Gasteiger partial charge in [-0.3, -0.25) is 4.72 Å². The Morgan fingerprint density at radius 2 is 2.00 bits per heavy atom. The van der Waals surface area contributed by atoms with Crippen molar-refractivity contribution in [2.75, 3.05) is 4.72 Å². The highest BCUT2D eigenvalue weighted by Crippen LogP contribution is 2.27. The molecule has 3 rings (SSSR count). The van der Waals surface area contributed by atoms with Gasteiger partial charge in [0.1, 0.15) is 5.82 Å². The Morgan fingerprint density at radius 1 is 1.23 bits per heavy atom. The maximum Gasteiger partial charge on any atom is 0.262 e. The number of halogens is 2. The molecular formula is C17H15BrFN3O3S. The highest BCUT2D eigenvalue weighted by atomic mass is 79.9. The molecule has 0 unspecified atom stereocenters. The standard InChI is InChI=1S/C17H15BrFN3O3S/c1-3-16-20-17(21-25-16)11-5-4-10(2)15(8-11)26(23,24)22-14-7-6-12(18)9-13(14)19/h4-9,22H,3H2,1-2H3. The van der Waals surface area contributed by atoms with Crippen molar-refractivity contribution in [3.05, 3.63) is 58.1 Å². The van der Waals surface area contributed by atoms with E-state index in [1.54, 1.807) is 25.1 Å². The van der Waals surface area contributed by atoms with Gasteiger partial charge in [0, 0.05) is 16.5 Å². The van der Waals surface area contributed by atoms with Crippen LogP contribution >= 0.6 is 15.9 Å². The summed E-state index contributed by atoms with van der Waals surface area (Å²) in [4.78, 5) is 4.22. The van der Waals surface area contributed by atoms with Crippen molar-refractivity contribution in [2.24, 2.45) is 0 Å². The predicted octanol–water partition coefficient (Wildman–Crippen LogP) is 4.31. The van der Waals surface area contributed by atoms with Crippen LogP contribution in [0.1, 0.15) is 18.4 Å². The van der Waals surface area contributed by atoms with Crippen molar-refractivity contribution in [1.29, 1.82) is 0 Å². The maximum absolute atomic E-state index is 14.0. The summed E-state index contributed by atoms with van der Waals surface area (Å²) >= 11 is 3.14. The lowest BCUT2D eigenvalue weighted by Gasteiger charge is -2.12. The minimum Gasteiger partial charge on any atom is -0.339 e. The molecule has 3 aromatic rings. The zero-order valence-electron chi connectivity index (χ0n) is 14.0. The first-order valence-electron chi connectivity index (χ1n) is 7.71. The summed E-state index contributed by atoms with van der Waals surface area (Å²) in [5.41, 5.74) is 0.875. The maximum atomic E-state index is 14.0. The lowest BCUT2D eigenvalue weighted by Crippen LogP contribution is -2.15. The van der Waals surface area contributed by atoms with Crippen LogP contribution in [-0.4, -0.2) is 18.6 Å². The molecule has 0 aliphatic heterocycles. The Bertz CT molecular complexity index is 1070. The van der Waals surface area contributed by atoms with Gasteiger partial charge < -0.3 is 4.52 Å². The molecule has 0 bridgehead atoms. The van der Waals surface area contributed by atoms with Crippen LogP contribution in [0, 0.1) is 12.7 Å². The molecule has 1 N–H and O–H groups in total.